The van der Waals surface area contributed by atoms with Crippen LogP contribution in [0.15, 0.2) is 42.5 Å². The maximum Gasteiger partial charge on any atom is 0.0804 e. The molecule has 0 aliphatic heterocycles. The van der Waals surface area contributed by atoms with Crippen LogP contribution >= 0.6 is 0 Å². The number of aromatic nitrogens is 1. The van der Waals surface area contributed by atoms with E-state index in [9.17, 15) is 0 Å². The minimum Gasteiger partial charge on any atom is -0.388 e. The molecule has 0 atom stereocenters. The Balaban J connectivity index is 2.03. The van der Waals surface area contributed by atoms with Crippen LogP contribution in [0.25, 0.3) is 21.7 Å². The summed E-state index contributed by atoms with van der Waals surface area (Å²) in [5, 5.41) is 7.10. The van der Waals surface area contributed by atoms with Crippen LogP contribution < -0.4 is 5.32 Å². The van der Waals surface area contributed by atoms with Gasteiger partial charge in [0.05, 0.1) is 5.52 Å². The molecule has 1 saturated carbocycles. The van der Waals surface area contributed by atoms with E-state index in [1.54, 1.807) is 0 Å². The molecule has 1 fully saturated rings. The summed E-state index contributed by atoms with van der Waals surface area (Å²) in [6.45, 7) is 0. The van der Waals surface area contributed by atoms with E-state index in [-0.39, 0.29) is 0 Å². The average Bonchev–Trinajstić information content (AvgIpc) is 3.08. The smallest absolute Gasteiger partial charge is 0.0804 e. The van der Waals surface area contributed by atoms with Crippen LogP contribution in [0.3, 0.4) is 0 Å². The fourth-order valence-electron chi connectivity index (χ4n) is 3.62. The Hall–Kier alpha value is -2.09. The van der Waals surface area contributed by atoms with E-state index in [2.05, 4.69) is 47.8 Å². The second kappa shape index (κ2) is 5.03. The topological polar surface area (TPSA) is 24.9 Å². The van der Waals surface area contributed by atoms with Crippen molar-refractivity contribution < 1.29 is 0 Å². The van der Waals surface area contributed by atoms with Crippen molar-refractivity contribution in [2.24, 2.45) is 0 Å². The number of nitrogens with one attached hydrogen (secondary N) is 1. The molecule has 1 heterocycles. The monoisotopic (exact) mass is 276 g/mol. The quantitative estimate of drug-likeness (QED) is 0.660. The fraction of sp³-hybridized carbons (Fsp3) is 0.316. The highest BCUT2D eigenvalue weighted by Crippen LogP contribution is 2.37. The third kappa shape index (κ3) is 2.06. The van der Waals surface area contributed by atoms with Crippen molar-refractivity contribution in [2.45, 2.75) is 31.6 Å². The van der Waals surface area contributed by atoms with E-state index in [4.69, 9.17) is 4.98 Å². The zero-order chi connectivity index (χ0) is 14.2. The van der Waals surface area contributed by atoms with Gasteiger partial charge in [-0.3, -0.25) is 4.98 Å². The molecule has 21 heavy (non-hydrogen) atoms. The van der Waals surface area contributed by atoms with E-state index in [0.717, 1.165) is 5.52 Å². The van der Waals surface area contributed by atoms with E-state index in [1.165, 1.54) is 53.2 Å². The molecule has 0 saturated heterocycles. The Morgan fingerprint density at radius 2 is 1.81 bits per heavy atom. The predicted octanol–water partition coefficient (Wildman–Crippen LogP) is 5.09. The fourth-order valence-corrected chi connectivity index (χ4v) is 3.62. The molecule has 0 bridgehead atoms. The Morgan fingerprint density at radius 1 is 1.00 bits per heavy atom. The number of pyridine rings is 1. The van der Waals surface area contributed by atoms with Gasteiger partial charge in [-0.2, -0.15) is 0 Å². The minimum atomic E-state index is 0.639. The van der Waals surface area contributed by atoms with E-state index in [1.807, 2.05) is 7.05 Å². The maximum atomic E-state index is 5.05. The van der Waals surface area contributed by atoms with Crippen molar-refractivity contribution in [3.8, 4) is 0 Å². The average molecular weight is 276 g/mol. The van der Waals surface area contributed by atoms with E-state index < -0.39 is 0 Å². The van der Waals surface area contributed by atoms with Gasteiger partial charge in [0.25, 0.3) is 0 Å². The molecular weight excluding hydrogens is 256 g/mol. The number of rotatable bonds is 2. The van der Waals surface area contributed by atoms with Crippen LogP contribution in [0.4, 0.5) is 5.69 Å². The zero-order valence-electron chi connectivity index (χ0n) is 12.4. The van der Waals surface area contributed by atoms with Crippen molar-refractivity contribution in [2.75, 3.05) is 12.4 Å². The van der Waals surface area contributed by atoms with Crippen LogP contribution in [0.1, 0.15) is 37.3 Å². The number of nitrogens with zero attached hydrogens (tertiary/aromatic N) is 1. The molecule has 2 nitrogen and oxygen atoms in total. The van der Waals surface area contributed by atoms with Crippen molar-refractivity contribution in [3.05, 3.63) is 48.2 Å². The largest absolute Gasteiger partial charge is 0.388 e. The van der Waals surface area contributed by atoms with Gasteiger partial charge in [-0.25, -0.2) is 0 Å². The molecule has 0 spiro atoms. The van der Waals surface area contributed by atoms with Crippen molar-refractivity contribution >= 4 is 27.4 Å². The molecule has 0 unspecified atom stereocenters. The Morgan fingerprint density at radius 3 is 2.62 bits per heavy atom. The minimum absolute atomic E-state index is 0.639. The first-order valence-corrected chi connectivity index (χ1v) is 7.87. The molecule has 2 heteroatoms. The Kier molecular flexibility index (Phi) is 3.03. The number of anilines is 1. The molecule has 1 aliphatic carbocycles. The van der Waals surface area contributed by atoms with Crippen molar-refractivity contribution in [1.82, 2.24) is 4.98 Å². The summed E-state index contributed by atoms with van der Waals surface area (Å²) < 4.78 is 0. The van der Waals surface area contributed by atoms with E-state index in [0.29, 0.717) is 5.92 Å². The summed E-state index contributed by atoms with van der Waals surface area (Å²) in [5.74, 6) is 0.639. The highest BCUT2D eigenvalue weighted by atomic mass is 14.8. The lowest BCUT2D eigenvalue weighted by atomic mass is 9.99. The molecule has 1 N–H and O–H groups in total. The Bertz CT molecular complexity index is 801. The SMILES string of the molecule is CNc1cc(C2CCCC2)nc2c1ccc1ccccc12. The summed E-state index contributed by atoms with van der Waals surface area (Å²) in [4.78, 5) is 5.05. The van der Waals surface area contributed by atoms with Crippen LogP contribution in [0.5, 0.6) is 0 Å². The number of benzene rings is 2. The van der Waals surface area contributed by atoms with Gasteiger partial charge in [-0.1, -0.05) is 49.2 Å². The summed E-state index contributed by atoms with van der Waals surface area (Å²) in [6, 6.07) is 15.2. The van der Waals surface area contributed by atoms with Gasteiger partial charge in [0, 0.05) is 35.1 Å². The summed E-state index contributed by atoms with van der Waals surface area (Å²) in [7, 11) is 2.00. The standard InChI is InChI=1S/C19H20N2/c1-20-18-12-17(14-7-2-3-8-14)21-19-15-9-5-4-6-13(15)10-11-16(18)19/h4-6,9-12,14H,2-3,7-8H2,1H3,(H,20,21). The van der Waals surface area contributed by atoms with Crippen LogP contribution in [0, 0.1) is 0 Å². The van der Waals surface area contributed by atoms with Crippen molar-refractivity contribution in [1.29, 1.82) is 0 Å². The Labute approximate surface area is 125 Å². The van der Waals surface area contributed by atoms with Crippen LogP contribution in [-0.4, -0.2) is 12.0 Å². The lowest BCUT2D eigenvalue weighted by Crippen LogP contribution is -2.00. The summed E-state index contributed by atoms with van der Waals surface area (Å²) in [6.07, 6.45) is 5.25. The van der Waals surface area contributed by atoms with Gasteiger partial charge in [0.1, 0.15) is 0 Å². The molecule has 1 aliphatic rings. The molecular formula is C19H20N2. The van der Waals surface area contributed by atoms with Gasteiger partial charge in [-0.15, -0.1) is 0 Å². The van der Waals surface area contributed by atoms with Gasteiger partial charge in [-0.05, 0) is 24.3 Å². The van der Waals surface area contributed by atoms with Gasteiger partial charge in [0.2, 0.25) is 0 Å². The molecule has 0 amide bonds. The third-order valence-electron chi connectivity index (χ3n) is 4.77. The van der Waals surface area contributed by atoms with Crippen molar-refractivity contribution in [3.63, 3.8) is 0 Å². The predicted molar refractivity (Wildman–Crippen MR) is 90.0 cm³/mol. The second-order valence-corrected chi connectivity index (χ2v) is 6.01. The molecule has 4 rings (SSSR count). The molecule has 2 aromatic carbocycles. The molecule has 1 aromatic heterocycles. The van der Waals surface area contributed by atoms with Gasteiger partial charge < -0.3 is 5.32 Å². The normalized spacial score (nSPS) is 15.9. The lowest BCUT2D eigenvalue weighted by molar-refractivity contribution is 0.702. The first-order chi connectivity index (χ1) is 10.4. The number of hydrogen-bond acceptors (Lipinski definition) is 2. The van der Waals surface area contributed by atoms with Gasteiger partial charge in [0.15, 0.2) is 0 Å². The van der Waals surface area contributed by atoms with E-state index >= 15 is 0 Å². The third-order valence-corrected chi connectivity index (χ3v) is 4.77. The van der Waals surface area contributed by atoms with Crippen LogP contribution in [-0.2, 0) is 0 Å². The highest BCUT2D eigenvalue weighted by Gasteiger charge is 2.20. The number of hydrogen-bond donors (Lipinski definition) is 1. The first kappa shape index (κ1) is 12.6. The summed E-state index contributed by atoms with van der Waals surface area (Å²) >= 11 is 0. The van der Waals surface area contributed by atoms with Gasteiger partial charge >= 0.3 is 0 Å². The number of fused-ring (bicyclic) bond motifs is 3. The zero-order valence-corrected chi connectivity index (χ0v) is 12.4. The molecule has 3 aromatic rings. The molecule has 106 valence electrons. The summed E-state index contributed by atoms with van der Waals surface area (Å²) in [5.41, 5.74) is 3.61. The van der Waals surface area contributed by atoms with Crippen LogP contribution in [0.2, 0.25) is 0 Å². The maximum absolute atomic E-state index is 5.05. The highest BCUT2D eigenvalue weighted by molar-refractivity contribution is 6.09. The second-order valence-electron chi connectivity index (χ2n) is 6.01. The molecule has 0 radical (unpaired) electrons. The first-order valence-electron chi connectivity index (χ1n) is 7.87. The lowest BCUT2D eigenvalue weighted by Gasteiger charge is -2.14.